The lowest BCUT2D eigenvalue weighted by Gasteiger charge is -2.31. The number of amides is 9. The molecule has 25 heteroatoms. The summed E-state index contributed by atoms with van der Waals surface area (Å²) < 4.78 is 0. The molecule has 9 amide bonds. The van der Waals surface area contributed by atoms with Gasteiger partial charge in [-0.3, -0.25) is 53.1 Å². The van der Waals surface area contributed by atoms with Gasteiger partial charge in [0.2, 0.25) is 53.2 Å². The first-order valence-electron chi connectivity index (χ1n) is 27.2. The van der Waals surface area contributed by atoms with E-state index < -0.39 is 102 Å². The smallest absolute Gasteiger partial charge is 0.246 e. The maximum atomic E-state index is 15.2. The second kappa shape index (κ2) is 30.4. The van der Waals surface area contributed by atoms with Crippen molar-refractivity contribution in [3.8, 4) is 0 Å². The molecule has 3 aromatic carbocycles. The number of benzene rings is 3. The highest BCUT2D eigenvalue weighted by Gasteiger charge is 2.44. The fraction of sp³-hybridized carbons (Fsp3) is 0.446. The maximum Gasteiger partial charge on any atom is 0.246 e. The summed E-state index contributed by atoms with van der Waals surface area (Å²) in [5.41, 5.74) is 31.1. The lowest BCUT2D eigenvalue weighted by atomic mass is 9.96. The average Bonchev–Trinajstić information content (AvgIpc) is 4.20. The maximum absolute atomic E-state index is 15.2. The number of aliphatic imine (C=N–C) groups is 2. The summed E-state index contributed by atoms with van der Waals surface area (Å²) in [7, 11) is 0. The number of hydrogen-bond acceptors (Lipinski definition) is 11. The Bertz CT molecular complexity index is 2890. The molecule has 1 aromatic heterocycles. The van der Waals surface area contributed by atoms with Crippen molar-refractivity contribution in [3.05, 3.63) is 108 Å². The van der Waals surface area contributed by atoms with Gasteiger partial charge in [0.1, 0.15) is 42.3 Å². The van der Waals surface area contributed by atoms with Crippen LogP contribution >= 0.6 is 0 Å². The second-order valence-corrected chi connectivity index (χ2v) is 20.5. The zero-order valence-corrected chi connectivity index (χ0v) is 45.5. The third kappa shape index (κ3) is 19.1. The van der Waals surface area contributed by atoms with E-state index in [9.17, 15) is 33.6 Å². The van der Waals surface area contributed by atoms with Gasteiger partial charge in [0, 0.05) is 63.0 Å². The number of nitrogens with one attached hydrogen (secondary N) is 8. The van der Waals surface area contributed by atoms with Gasteiger partial charge in [-0.1, -0.05) is 78.9 Å². The average molecular weight is 1120 g/mol. The molecule has 2 aliphatic rings. The number of aromatic nitrogens is 1. The van der Waals surface area contributed by atoms with Crippen molar-refractivity contribution in [2.75, 3.05) is 26.2 Å². The lowest BCUT2D eigenvalue weighted by Crippen LogP contribution is -2.60. The van der Waals surface area contributed by atoms with Crippen LogP contribution in [0.3, 0.4) is 0 Å². The Morgan fingerprint density at radius 2 is 1.28 bits per heavy atom. The van der Waals surface area contributed by atoms with E-state index in [0.717, 1.165) is 16.5 Å². The van der Waals surface area contributed by atoms with Gasteiger partial charge in [0.05, 0.1) is 6.42 Å². The molecule has 81 heavy (non-hydrogen) atoms. The summed E-state index contributed by atoms with van der Waals surface area (Å²) in [4.78, 5) is 140. The van der Waals surface area contributed by atoms with E-state index in [4.69, 9.17) is 28.7 Å². The fourth-order valence-electron chi connectivity index (χ4n) is 10.1. The molecule has 2 saturated heterocycles. The lowest BCUT2D eigenvalue weighted by molar-refractivity contribution is -0.143. The molecule has 2 fully saturated rings. The Morgan fingerprint density at radius 3 is 1.95 bits per heavy atom. The predicted octanol–water partition coefficient (Wildman–Crippen LogP) is -1.38. The van der Waals surface area contributed by atoms with E-state index in [1.807, 2.05) is 54.6 Å². The van der Waals surface area contributed by atoms with Crippen LogP contribution in [0.5, 0.6) is 0 Å². The summed E-state index contributed by atoms with van der Waals surface area (Å²) in [6.07, 6.45) is 2.51. The molecule has 6 rings (SSSR count). The van der Waals surface area contributed by atoms with Gasteiger partial charge in [-0.15, -0.1) is 0 Å². The number of para-hydroxylation sites is 1. The van der Waals surface area contributed by atoms with Crippen LogP contribution in [0.1, 0.15) is 81.4 Å². The van der Waals surface area contributed by atoms with E-state index in [-0.39, 0.29) is 108 Å². The van der Waals surface area contributed by atoms with E-state index in [1.54, 1.807) is 36.5 Å². The first-order valence-corrected chi connectivity index (χ1v) is 27.2. The summed E-state index contributed by atoms with van der Waals surface area (Å²) >= 11 is 0. The molecule has 4 aromatic rings. The minimum atomic E-state index is -1.58. The van der Waals surface area contributed by atoms with Crippen LogP contribution in [0.25, 0.3) is 10.9 Å². The van der Waals surface area contributed by atoms with Crippen molar-refractivity contribution in [1.29, 1.82) is 0 Å². The van der Waals surface area contributed by atoms with Crippen molar-refractivity contribution in [2.45, 2.75) is 126 Å². The van der Waals surface area contributed by atoms with Crippen LogP contribution < -0.4 is 65.9 Å². The summed E-state index contributed by atoms with van der Waals surface area (Å²) in [5.74, 6) is -7.36. The Kier molecular flexibility index (Phi) is 22.9. The second-order valence-electron chi connectivity index (χ2n) is 20.5. The Morgan fingerprint density at radius 1 is 0.691 bits per heavy atom. The number of nitrogens with two attached hydrogens (primary N) is 5. The summed E-state index contributed by atoms with van der Waals surface area (Å²) in [5, 5.41) is 20.1. The number of primary amides is 1. The Labute approximate surface area is 469 Å². The Balaban J connectivity index is 1.40. The number of rotatable bonds is 18. The van der Waals surface area contributed by atoms with Gasteiger partial charge < -0.3 is 75.8 Å². The van der Waals surface area contributed by atoms with Crippen molar-refractivity contribution in [3.63, 3.8) is 0 Å². The number of aromatic amines is 1. The minimum absolute atomic E-state index is 0.00847. The monoisotopic (exact) mass is 1120 g/mol. The Hall–Kier alpha value is -9.03. The predicted molar refractivity (Wildman–Crippen MR) is 304 cm³/mol. The molecular formula is C56H76N16O9. The topological polar surface area (TPSA) is 412 Å². The minimum Gasteiger partial charge on any atom is -0.370 e. The molecular weight excluding hydrogens is 1040 g/mol. The molecule has 0 radical (unpaired) electrons. The molecule has 2 aliphatic heterocycles. The highest BCUT2D eigenvalue weighted by Crippen LogP contribution is 2.29. The molecule has 25 nitrogen and oxygen atoms in total. The number of guanidine groups is 2. The largest absolute Gasteiger partial charge is 0.370 e. The molecule has 3 heterocycles. The van der Waals surface area contributed by atoms with Crippen LogP contribution in [-0.2, 0) is 62.4 Å². The molecule has 8 atom stereocenters. The van der Waals surface area contributed by atoms with Crippen molar-refractivity contribution in [2.24, 2.45) is 44.6 Å². The molecule has 1 unspecified atom stereocenters. The zero-order chi connectivity index (χ0) is 58.4. The van der Waals surface area contributed by atoms with Crippen LogP contribution in [-0.4, -0.2) is 143 Å². The van der Waals surface area contributed by atoms with Gasteiger partial charge in [-0.25, -0.2) is 0 Å². The van der Waals surface area contributed by atoms with Crippen molar-refractivity contribution in [1.82, 2.24) is 47.1 Å². The first-order chi connectivity index (χ1) is 38.8. The number of H-pyrrole nitrogens is 1. The highest BCUT2D eigenvalue weighted by atomic mass is 16.2. The number of hydrogen-bond donors (Lipinski definition) is 13. The molecule has 434 valence electrons. The summed E-state index contributed by atoms with van der Waals surface area (Å²) in [6, 6.07) is 16.3. The number of nitrogens with zero attached hydrogens (tertiary/aromatic N) is 3. The van der Waals surface area contributed by atoms with Crippen LogP contribution in [0.2, 0.25) is 0 Å². The van der Waals surface area contributed by atoms with Crippen LogP contribution in [0.15, 0.2) is 101 Å². The quantitative estimate of drug-likeness (QED) is 0.0311. The fourth-order valence-corrected chi connectivity index (χ4v) is 10.1. The van der Waals surface area contributed by atoms with Gasteiger partial charge in [-0.2, -0.15) is 0 Å². The van der Waals surface area contributed by atoms with E-state index in [0.29, 0.717) is 17.5 Å². The highest BCUT2D eigenvalue weighted by molar-refractivity contribution is 5.99. The van der Waals surface area contributed by atoms with Gasteiger partial charge in [0.25, 0.3) is 0 Å². The van der Waals surface area contributed by atoms with Gasteiger partial charge in [0.15, 0.2) is 11.9 Å². The first kappa shape index (κ1) is 61.2. The number of carbonyl (C=O) groups is 9. The summed E-state index contributed by atoms with van der Waals surface area (Å²) in [6.45, 7) is 1.46. The number of carbonyl (C=O) groups excluding carboxylic acids is 9. The third-order valence-electron chi connectivity index (χ3n) is 14.1. The molecule has 0 saturated carbocycles. The zero-order valence-electron chi connectivity index (χ0n) is 45.5. The molecule has 18 N–H and O–H groups in total. The molecule has 0 aliphatic carbocycles. The van der Waals surface area contributed by atoms with Crippen LogP contribution in [0.4, 0.5) is 0 Å². The van der Waals surface area contributed by atoms with Crippen molar-refractivity contribution >= 4 is 76.0 Å². The van der Waals surface area contributed by atoms with E-state index in [1.165, 1.54) is 11.8 Å². The van der Waals surface area contributed by atoms with Gasteiger partial charge in [-0.05, 0) is 86.5 Å². The van der Waals surface area contributed by atoms with Crippen LogP contribution in [0, 0.1) is 5.92 Å². The number of fused-ring (bicyclic) bond motifs is 2. The standard InChI is InChI=1S/C56H76N16O9/c1-33(73)66-41(21-12-24-63-55(58)59)49(76)71-45-30-47(74)62-23-11-10-20-40(48(57)75)67-52(79)44(29-37-31-65-39-19-9-8-18-38(37)39)69-50(77)42(22-13-25-64-56(60)61)68-51(78)43(27-35-16-6-3-7-17-35)70-53(80)46-28-36(32-72(46)54(45)81)26-34-14-4-2-5-15-34/h2-9,14-19,31,36,40-46,65H,10-13,20-30,32H2,1H3,(H2,57,75)(H,62,74)(H,66,73)(H,67,79)(H,68,78)(H,69,77)(H,70,80)(H,71,76)(H4,58,59,63)(H4,60,61,64)/t36?,40-,41+,42-,43+,44-,45-,46-/m0/s1. The normalized spacial score (nSPS) is 22.1. The van der Waals surface area contributed by atoms with Crippen molar-refractivity contribution < 1.29 is 43.2 Å². The molecule has 0 bridgehead atoms. The molecule has 0 spiro atoms. The van der Waals surface area contributed by atoms with E-state index >= 15 is 9.59 Å². The van der Waals surface area contributed by atoms with E-state index in [2.05, 4.69) is 52.2 Å². The van der Waals surface area contributed by atoms with Gasteiger partial charge >= 0.3 is 0 Å². The SMILES string of the molecule is CC(=O)N[C@H](CCCN=C(N)N)C(=O)N[C@H]1CC(=O)NCCCC[C@@H](C(N)=O)NC(=O)[C@H](Cc2c[nH]c3ccccc23)NC(=O)[C@H](CCCN=C(N)N)NC(=O)[C@@H](Cc2ccccc2)NC(=O)[C@@H]2CC(Cc3ccccc3)CN2C1=O. The third-order valence-corrected chi connectivity index (χ3v) is 14.1.